The third kappa shape index (κ3) is 5.45. The van der Waals surface area contributed by atoms with Crippen LogP contribution in [0, 0.1) is 5.41 Å². The summed E-state index contributed by atoms with van der Waals surface area (Å²) in [5.41, 5.74) is 0.971. The van der Waals surface area contributed by atoms with Crippen LogP contribution in [0.1, 0.15) is 92.4 Å². The Bertz CT molecular complexity index is 236. The van der Waals surface area contributed by atoms with E-state index in [2.05, 4.69) is 39.5 Å². The molecule has 1 rings (SSSR count). The number of hydrogen-bond acceptors (Lipinski definition) is 1. The maximum absolute atomic E-state index is 2.79. The molecule has 19 heavy (non-hydrogen) atoms. The summed E-state index contributed by atoms with van der Waals surface area (Å²) < 4.78 is 0. The molecule has 0 saturated carbocycles. The summed E-state index contributed by atoms with van der Waals surface area (Å²) in [6, 6.07) is 0. The van der Waals surface area contributed by atoms with Crippen LogP contribution in [0.2, 0.25) is 0 Å². The lowest BCUT2D eigenvalue weighted by molar-refractivity contribution is 0.0270. The highest BCUT2D eigenvalue weighted by molar-refractivity contribution is 4.89. The van der Waals surface area contributed by atoms with Crippen molar-refractivity contribution in [3.63, 3.8) is 0 Å². The van der Waals surface area contributed by atoms with E-state index in [1.165, 1.54) is 70.9 Å². The van der Waals surface area contributed by atoms with E-state index in [1.54, 1.807) is 0 Å². The first-order valence-corrected chi connectivity index (χ1v) is 8.68. The molecular formula is C18H37N. The molecule has 0 atom stereocenters. The average Bonchev–Trinajstić information content (AvgIpc) is 2.37. The molecule has 1 heterocycles. The first kappa shape index (κ1) is 17.0. The van der Waals surface area contributed by atoms with Crippen LogP contribution in [0.15, 0.2) is 0 Å². The van der Waals surface area contributed by atoms with Gasteiger partial charge >= 0.3 is 0 Å². The van der Waals surface area contributed by atoms with Gasteiger partial charge in [0.05, 0.1) is 0 Å². The van der Waals surface area contributed by atoms with E-state index in [4.69, 9.17) is 0 Å². The second kappa shape index (κ2) is 7.67. The average molecular weight is 268 g/mol. The van der Waals surface area contributed by atoms with Crippen LogP contribution in [0.4, 0.5) is 0 Å². The molecule has 0 N–H and O–H groups in total. The third-order valence-corrected chi connectivity index (χ3v) is 5.16. The van der Waals surface area contributed by atoms with E-state index >= 15 is 0 Å². The van der Waals surface area contributed by atoms with Crippen LogP contribution in [-0.4, -0.2) is 23.5 Å². The van der Waals surface area contributed by atoms with Crippen LogP contribution in [0.3, 0.4) is 0 Å². The molecule has 0 aromatic carbocycles. The van der Waals surface area contributed by atoms with E-state index in [1.807, 2.05) is 0 Å². The van der Waals surface area contributed by atoms with Gasteiger partial charge < -0.3 is 0 Å². The zero-order valence-corrected chi connectivity index (χ0v) is 14.2. The van der Waals surface area contributed by atoms with Crippen molar-refractivity contribution in [2.45, 2.75) is 97.9 Å². The summed E-state index contributed by atoms with van der Waals surface area (Å²) in [4.78, 5) is 2.79. The highest BCUT2D eigenvalue weighted by Gasteiger charge is 2.34. The lowest BCUT2D eigenvalue weighted by Crippen LogP contribution is -2.51. The van der Waals surface area contributed by atoms with E-state index in [-0.39, 0.29) is 0 Å². The van der Waals surface area contributed by atoms with Gasteiger partial charge in [0, 0.05) is 12.1 Å². The number of rotatable bonds is 8. The smallest absolute Gasteiger partial charge is 0.0153 e. The minimum atomic E-state index is 0.429. The number of unbranched alkanes of at least 4 members (excludes halogenated alkanes) is 2. The first-order chi connectivity index (χ1) is 8.93. The van der Waals surface area contributed by atoms with Gasteiger partial charge in [-0.1, -0.05) is 52.9 Å². The fourth-order valence-corrected chi connectivity index (χ4v) is 3.57. The number of nitrogens with zero attached hydrogens (tertiary/aromatic N) is 1. The molecule has 1 fully saturated rings. The van der Waals surface area contributed by atoms with Crippen molar-refractivity contribution < 1.29 is 0 Å². The molecular weight excluding hydrogens is 230 g/mol. The van der Waals surface area contributed by atoms with E-state index in [0.717, 1.165) is 0 Å². The Morgan fingerprint density at radius 2 is 1.58 bits per heavy atom. The van der Waals surface area contributed by atoms with Gasteiger partial charge in [0.15, 0.2) is 0 Å². The molecule has 0 aromatic heterocycles. The Hall–Kier alpha value is -0.0400. The summed E-state index contributed by atoms with van der Waals surface area (Å²) in [6.07, 6.45) is 12.5. The van der Waals surface area contributed by atoms with Gasteiger partial charge in [0.25, 0.3) is 0 Å². The van der Waals surface area contributed by atoms with Gasteiger partial charge in [-0.25, -0.2) is 0 Å². The lowest BCUT2D eigenvalue weighted by atomic mass is 9.77. The van der Waals surface area contributed by atoms with Crippen molar-refractivity contribution in [3.8, 4) is 0 Å². The standard InChI is InChI=1S/C18H37N/c1-6-8-13-18(5,14-9-7-2)16-19-15-11-10-12-17(19,3)4/h6-16H2,1-5H3. The summed E-state index contributed by atoms with van der Waals surface area (Å²) >= 11 is 0. The summed E-state index contributed by atoms with van der Waals surface area (Å²) in [5.74, 6) is 0. The maximum atomic E-state index is 2.79. The molecule has 0 radical (unpaired) electrons. The normalized spacial score (nSPS) is 20.7. The maximum Gasteiger partial charge on any atom is 0.0153 e. The molecule has 0 spiro atoms. The molecule has 0 bridgehead atoms. The fourth-order valence-electron chi connectivity index (χ4n) is 3.57. The predicted octanol–water partition coefficient (Wildman–Crippen LogP) is 5.64. The van der Waals surface area contributed by atoms with Gasteiger partial charge in [0.1, 0.15) is 0 Å². The van der Waals surface area contributed by atoms with Crippen molar-refractivity contribution in [3.05, 3.63) is 0 Å². The Kier molecular flexibility index (Phi) is 6.86. The summed E-state index contributed by atoms with van der Waals surface area (Å²) in [7, 11) is 0. The molecule has 0 unspecified atom stereocenters. The van der Waals surface area contributed by atoms with Gasteiger partial charge in [-0.15, -0.1) is 0 Å². The first-order valence-electron chi connectivity index (χ1n) is 8.68. The minimum absolute atomic E-state index is 0.429. The topological polar surface area (TPSA) is 3.24 Å². The Morgan fingerprint density at radius 1 is 1.00 bits per heavy atom. The van der Waals surface area contributed by atoms with Crippen molar-refractivity contribution in [2.75, 3.05) is 13.1 Å². The molecule has 0 aromatic rings. The fraction of sp³-hybridized carbons (Fsp3) is 1.00. The highest BCUT2D eigenvalue weighted by Crippen LogP contribution is 2.36. The van der Waals surface area contributed by atoms with Crippen LogP contribution >= 0.6 is 0 Å². The van der Waals surface area contributed by atoms with Gasteiger partial charge in [-0.05, 0) is 51.5 Å². The third-order valence-electron chi connectivity index (χ3n) is 5.16. The molecule has 1 aliphatic rings. The Balaban J connectivity index is 2.63. The van der Waals surface area contributed by atoms with Crippen LogP contribution < -0.4 is 0 Å². The SMILES string of the molecule is CCCCC(C)(CCCC)CN1CCCCC1(C)C. The predicted molar refractivity (Wildman–Crippen MR) is 86.7 cm³/mol. The number of likely N-dealkylation sites (tertiary alicyclic amines) is 1. The Morgan fingerprint density at radius 3 is 2.05 bits per heavy atom. The number of hydrogen-bond donors (Lipinski definition) is 0. The quantitative estimate of drug-likeness (QED) is 0.550. The minimum Gasteiger partial charge on any atom is -0.298 e. The monoisotopic (exact) mass is 267 g/mol. The Labute approximate surface area is 122 Å². The van der Waals surface area contributed by atoms with E-state index in [9.17, 15) is 0 Å². The van der Waals surface area contributed by atoms with Gasteiger partial charge in [0.2, 0.25) is 0 Å². The van der Waals surface area contributed by atoms with Crippen LogP contribution in [0.25, 0.3) is 0 Å². The molecule has 0 amide bonds. The van der Waals surface area contributed by atoms with Crippen molar-refractivity contribution in [2.24, 2.45) is 5.41 Å². The zero-order chi connectivity index (χ0) is 14.4. The molecule has 1 nitrogen and oxygen atoms in total. The van der Waals surface area contributed by atoms with Crippen LogP contribution in [0.5, 0.6) is 0 Å². The van der Waals surface area contributed by atoms with Gasteiger partial charge in [-0.2, -0.15) is 0 Å². The largest absolute Gasteiger partial charge is 0.298 e. The molecule has 1 heteroatoms. The highest BCUT2D eigenvalue weighted by atomic mass is 15.2. The zero-order valence-electron chi connectivity index (χ0n) is 14.2. The van der Waals surface area contributed by atoms with E-state index < -0.39 is 0 Å². The lowest BCUT2D eigenvalue weighted by Gasteiger charge is -2.47. The second-order valence-corrected chi connectivity index (χ2v) is 7.71. The molecule has 1 saturated heterocycles. The summed E-state index contributed by atoms with van der Waals surface area (Å²) in [5, 5.41) is 0. The van der Waals surface area contributed by atoms with Crippen molar-refractivity contribution in [1.29, 1.82) is 0 Å². The van der Waals surface area contributed by atoms with E-state index in [0.29, 0.717) is 11.0 Å². The molecule has 0 aliphatic carbocycles. The number of piperidine rings is 1. The molecule has 1 aliphatic heterocycles. The van der Waals surface area contributed by atoms with Crippen molar-refractivity contribution in [1.82, 2.24) is 4.90 Å². The van der Waals surface area contributed by atoms with Crippen molar-refractivity contribution >= 4 is 0 Å². The second-order valence-electron chi connectivity index (χ2n) is 7.71. The molecule has 114 valence electrons. The summed E-state index contributed by atoms with van der Waals surface area (Å²) in [6.45, 7) is 14.7. The van der Waals surface area contributed by atoms with Crippen LogP contribution in [-0.2, 0) is 0 Å². The van der Waals surface area contributed by atoms with Gasteiger partial charge in [-0.3, -0.25) is 4.90 Å².